The first-order valence-electron chi connectivity index (χ1n) is 15.9. The van der Waals surface area contributed by atoms with Gasteiger partial charge in [0.15, 0.2) is 0 Å². The van der Waals surface area contributed by atoms with E-state index in [2.05, 4.69) is 114 Å². The van der Waals surface area contributed by atoms with Gasteiger partial charge in [-0.05, 0) is 103 Å². The normalized spacial score (nSPS) is 10.6. The average molecular weight is 633 g/mol. The van der Waals surface area contributed by atoms with E-state index in [0.29, 0.717) is 5.75 Å². The maximum atomic E-state index is 12.2. The number of Topliss-reactive ketones (excluding diaryl/α,β-unsaturated/α-hetero) is 1. The topological polar surface area (TPSA) is 59.1 Å². The summed E-state index contributed by atoms with van der Waals surface area (Å²) in [5.41, 5.74) is 9.39. The summed E-state index contributed by atoms with van der Waals surface area (Å²) in [6, 6.07) is 53.2. The number of nitrogens with zero attached hydrogens (tertiary/aromatic N) is 2. The average Bonchev–Trinajstić information content (AvgIpc) is 3.10. The molecule has 0 aliphatic rings. The van der Waals surface area contributed by atoms with Crippen LogP contribution in [0.1, 0.15) is 18.9 Å². The Kier molecular flexibility index (Phi) is 9.92. The highest BCUT2D eigenvalue weighted by Crippen LogP contribution is 2.38. The minimum Gasteiger partial charge on any atom is -0.434 e. The predicted octanol–water partition coefficient (Wildman–Crippen LogP) is 11.1. The molecule has 238 valence electrons. The van der Waals surface area contributed by atoms with Gasteiger partial charge in [-0.2, -0.15) is 0 Å². The molecule has 0 saturated carbocycles. The van der Waals surface area contributed by atoms with E-state index in [-0.39, 0.29) is 18.8 Å². The van der Waals surface area contributed by atoms with Crippen LogP contribution in [0.25, 0.3) is 11.1 Å². The summed E-state index contributed by atoms with van der Waals surface area (Å²) >= 11 is 0. The molecule has 0 saturated heterocycles. The minimum absolute atomic E-state index is 0.0168. The molecule has 6 heteroatoms. The van der Waals surface area contributed by atoms with Crippen molar-refractivity contribution in [1.82, 2.24) is 0 Å². The van der Waals surface area contributed by atoms with Crippen molar-refractivity contribution >= 4 is 46.1 Å². The molecule has 0 atom stereocenters. The zero-order valence-electron chi connectivity index (χ0n) is 27.0. The van der Waals surface area contributed by atoms with Crippen molar-refractivity contribution in [2.75, 3.05) is 16.4 Å². The van der Waals surface area contributed by atoms with E-state index in [1.165, 1.54) is 12.5 Å². The molecule has 0 unspecified atom stereocenters. The fraction of sp³-hybridized carbons (Fsp3) is 0.0952. The van der Waals surface area contributed by atoms with Gasteiger partial charge < -0.3 is 19.3 Å². The third-order valence-corrected chi connectivity index (χ3v) is 7.82. The van der Waals surface area contributed by atoms with Crippen LogP contribution >= 0.6 is 0 Å². The van der Waals surface area contributed by atoms with E-state index in [0.717, 1.165) is 45.3 Å². The highest BCUT2D eigenvalue weighted by Gasteiger charge is 2.16. The van der Waals surface area contributed by atoms with Crippen molar-refractivity contribution in [2.45, 2.75) is 20.3 Å². The second kappa shape index (κ2) is 15.0. The SMILES string of the molecule is CC(=O)CCOC(=O)Oc1cccc(N(c2ccccc2)c2ccc(-c3ccc(N(c4ccccc4)c4cccc(C)c4)cc3)cc2)c1. The Morgan fingerprint density at radius 2 is 0.979 bits per heavy atom. The maximum Gasteiger partial charge on any atom is 0.513 e. The van der Waals surface area contributed by atoms with E-state index in [1.54, 1.807) is 12.1 Å². The van der Waals surface area contributed by atoms with Crippen molar-refractivity contribution in [1.29, 1.82) is 0 Å². The molecule has 0 fully saturated rings. The highest BCUT2D eigenvalue weighted by molar-refractivity contribution is 5.81. The van der Waals surface area contributed by atoms with Crippen molar-refractivity contribution in [3.8, 4) is 16.9 Å². The zero-order valence-corrected chi connectivity index (χ0v) is 27.0. The van der Waals surface area contributed by atoms with Gasteiger partial charge in [0.05, 0.1) is 0 Å². The van der Waals surface area contributed by atoms with Crippen LogP contribution in [0, 0.1) is 6.92 Å². The molecule has 6 rings (SSSR count). The smallest absolute Gasteiger partial charge is 0.434 e. The number of hydrogen-bond donors (Lipinski definition) is 0. The first-order valence-corrected chi connectivity index (χ1v) is 15.9. The summed E-state index contributed by atoms with van der Waals surface area (Å²) in [4.78, 5) is 27.8. The van der Waals surface area contributed by atoms with Gasteiger partial charge in [-0.3, -0.25) is 4.79 Å². The van der Waals surface area contributed by atoms with E-state index in [4.69, 9.17) is 9.47 Å². The van der Waals surface area contributed by atoms with E-state index < -0.39 is 6.16 Å². The van der Waals surface area contributed by atoms with Crippen LogP contribution in [0.5, 0.6) is 5.75 Å². The fourth-order valence-electron chi connectivity index (χ4n) is 5.51. The van der Waals surface area contributed by atoms with Crippen LogP contribution < -0.4 is 14.5 Å². The van der Waals surface area contributed by atoms with Crippen molar-refractivity contribution in [2.24, 2.45) is 0 Å². The van der Waals surface area contributed by atoms with Gasteiger partial charge >= 0.3 is 6.16 Å². The molecule has 0 bridgehead atoms. The molecule has 6 aromatic carbocycles. The number of carbonyl (C=O) groups is 2. The van der Waals surface area contributed by atoms with Crippen LogP contribution in [0.4, 0.5) is 38.9 Å². The first kappa shape index (κ1) is 31.8. The maximum absolute atomic E-state index is 12.2. The molecule has 0 aliphatic carbocycles. The third-order valence-electron chi connectivity index (χ3n) is 7.82. The van der Waals surface area contributed by atoms with E-state index in [9.17, 15) is 9.59 Å². The monoisotopic (exact) mass is 632 g/mol. The van der Waals surface area contributed by atoms with E-state index >= 15 is 0 Å². The number of ketones is 1. The summed E-state index contributed by atoms with van der Waals surface area (Å²) < 4.78 is 10.5. The Balaban J connectivity index is 1.26. The van der Waals surface area contributed by atoms with Crippen LogP contribution in [0.2, 0.25) is 0 Å². The molecule has 0 spiro atoms. The lowest BCUT2D eigenvalue weighted by Crippen LogP contribution is -2.14. The highest BCUT2D eigenvalue weighted by atomic mass is 16.7. The fourth-order valence-corrected chi connectivity index (χ4v) is 5.51. The number of rotatable bonds is 11. The standard InChI is InChI=1S/C42H36N2O4/c1-31-11-9-16-39(29-31)43(35-12-5-3-6-13-35)37-23-19-33(20-24-37)34-21-25-38(26-22-34)44(36-14-7-4-8-15-36)40-17-10-18-41(30-40)48-42(46)47-28-27-32(2)45/h3-26,29-30H,27-28H2,1-2H3. The largest absolute Gasteiger partial charge is 0.513 e. The van der Waals surface area contributed by atoms with Crippen molar-refractivity contribution < 1.29 is 19.1 Å². The molecule has 0 N–H and O–H groups in total. The molecule has 0 radical (unpaired) electrons. The lowest BCUT2D eigenvalue weighted by Gasteiger charge is -2.26. The third kappa shape index (κ3) is 7.80. The number of para-hydroxylation sites is 2. The number of aryl methyl sites for hydroxylation is 1. The molecule has 6 nitrogen and oxygen atoms in total. The Bertz CT molecular complexity index is 1980. The lowest BCUT2D eigenvalue weighted by atomic mass is 10.0. The predicted molar refractivity (Wildman–Crippen MR) is 193 cm³/mol. The van der Waals surface area contributed by atoms with Gasteiger partial charge in [-0.15, -0.1) is 0 Å². The van der Waals surface area contributed by atoms with Gasteiger partial charge in [-0.1, -0.05) is 78.9 Å². The zero-order chi connectivity index (χ0) is 33.3. The Morgan fingerprint density at radius 1 is 0.521 bits per heavy atom. The van der Waals surface area contributed by atoms with Crippen LogP contribution in [-0.2, 0) is 9.53 Å². The Labute approximate surface area is 281 Å². The van der Waals surface area contributed by atoms with Crippen LogP contribution in [-0.4, -0.2) is 18.5 Å². The van der Waals surface area contributed by atoms with Gasteiger partial charge in [0.2, 0.25) is 0 Å². The summed E-state index contributed by atoms with van der Waals surface area (Å²) in [6.07, 6.45) is -0.697. The van der Waals surface area contributed by atoms with Gasteiger partial charge in [0.25, 0.3) is 0 Å². The quantitative estimate of drug-likeness (QED) is 0.105. The second-order valence-electron chi connectivity index (χ2n) is 11.4. The molecular weight excluding hydrogens is 596 g/mol. The van der Waals surface area contributed by atoms with Crippen LogP contribution in [0.15, 0.2) is 158 Å². The summed E-state index contributed by atoms with van der Waals surface area (Å²) in [5, 5.41) is 0. The van der Waals surface area contributed by atoms with Gasteiger partial charge in [0.1, 0.15) is 18.1 Å². The molecule has 0 aromatic heterocycles. The Hall–Kier alpha value is -6.14. The Morgan fingerprint density at radius 3 is 1.48 bits per heavy atom. The number of hydrogen-bond acceptors (Lipinski definition) is 6. The molecule has 0 aliphatic heterocycles. The molecule has 6 aromatic rings. The van der Waals surface area contributed by atoms with Crippen LogP contribution in [0.3, 0.4) is 0 Å². The molecular formula is C42H36N2O4. The second-order valence-corrected chi connectivity index (χ2v) is 11.4. The van der Waals surface area contributed by atoms with Crippen molar-refractivity contribution in [3.05, 3.63) is 163 Å². The number of carbonyl (C=O) groups excluding carboxylic acids is 2. The number of anilines is 6. The van der Waals surface area contributed by atoms with E-state index in [1.807, 2.05) is 48.5 Å². The molecule has 0 amide bonds. The van der Waals surface area contributed by atoms with Gasteiger partial charge in [0, 0.05) is 46.6 Å². The minimum atomic E-state index is -0.846. The summed E-state index contributed by atoms with van der Waals surface area (Å²) in [5.74, 6) is 0.285. The number of ether oxygens (including phenoxy) is 2. The first-order chi connectivity index (χ1) is 23.4. The lowest BCUT2D eigenvalue weighted by molar-refractivity contribution is -0.117. The molecule has 0 heterocycles. The van der Waals surface area contributed by atoms with Crippen molar-refractivity contribution in [3.63, 3.8) is 0 Å². The van der Waals surface area contributed by atoms with Gasteiger partial charge in [-0.25, -0.2) is 4.79 Å². The molecule has 48 heavy (non-hydrogen) atoms. The number of benzene rings is 6. The summed E-state index contributed by atoms with van der Waals surface area (Å²) in [7, 11) is 0. The summed E-state index contributed by atoms with van der Waals surface area (Å²) in [6.45, 7) is 3.54.